The van der Waals surface area contributed by atoms with Crippen molar-refractivity contribution in [2.45, 2.75) is 58.4 Å². The van der Waals surface area contributed by atoms with Crippen molar-refractivity contribution in [1.29, 1.82) is 0 Å². The summed E-state index contributed by atoms with van der Waals surface area (Å²) in [5, 5.41) is 14.4. The molecule has 0 spiro atoms. The number of amides is 2. The topological polar surface area (TPSA) is 78.4 Å². The molecular weight excluding hydrogens is 232 g/mol. The van der Waals surface area contributed by atoms with E-state index in [9.17, 15) is 9.59 Å². The number of carbonyl (C=O) groups is 2. The fraction of sp³-hybridized carbons (Fsp3) is 0.846. The summed E-state index contributed by atoms with van der Waals surface area (Å²) in [5.41, 5.74) is -0.913. The van der Waals surface area contributed by atoms with Crippen LogP contribution < -0.4 is 10.6 Å². The maximum Gasteiger partial charge on any atom is 0.329 e. The molecule has 3 N–H and O–H groups in total. The van der Waals surface area contributed by atoms with E-state index >= 15 is 0 Å². The minimum absolute atomic E-state index is 0.276. The molecule has 5 nitrogen and oxygen atoms in total. The molecular formula is C13H24N2O3. The second-order valence-electron chi connectivity index (χ2n) is 5.55. The quantitative estimate of drug-likeness (QED) is 0.653. The van der Waals surface area contributed by atoms with Crippen LogP contribution in [0.3, 0.4) is 0 Å². The molecule has 1 aliphatic rings. The smallest absolute Gasteiger partial charge is 0.329 e. The van der Waals surface area contributed by atoms with E-state index in [2.05, 4.69) is 17.6 Å². The molecule has 0 bridgehead atoms. The molecule has 18 heavy (non-hydrogen) atoms. The van der Waals surface area contributed by atoms with Gasteiger partial charge in [-0.3, -0.25) is 0 Å². The van der Waals surface area contributed by atoms with Crippen molar-refractivity contribution in [1.82, 2.24) is 10.6 Å². The predicted octanol–water partition coefficient (Wildman–Crippen LogP) is 2.12. The van der Waals surface area contributed by atoms with Crippen molar-refractivity contribution in [2.24, 2.45) is 5.41 Å². The Bertz CT molecular complexity index is 326. The number of nitrogens with one attached hydrogen (secondary N) is 2. The highest BCUT2D eigenvalue weighted by Crippen LogP contribution is 2.48. The molecule has 0 aromatic heterocycles. The van der Waals surface area contributed by atoms with Gasteiger partial charge in [0, 0.05) is 6.54 Å². The van der Waals surface area contributed by atoms with Gasteiger partial charge in [-0.2, -0.15) is 0 Å². The lowest BCUT2D eigenvalue weighted by atomic mass is 9.99. The number of rotatable bonds is 7. The van der Waals surface area contributed by atoms with Crippen LogP contribution in [-0.4, -0.2) is 29.2 Å². The normalized spacial score (nSPS) is 19.7. The van der Waals surface area contributed by atoms with Gasteiger partial charge in [0.2, 0.25) is 0 Å². The second-order valence-corrected chi connectivity index (χ2v) is 5.55. The van der Waals surface area contributed by atoms with Gasteiger partial charge in [-0.1, -0.05) is 20.3 Å². The molecule has 0 saturated heterocycles. The molecule has 104 valence electrons. The Morgan fingerprint density at radius 2 is 1.94 bits per heavy atom. The van der Waals surface area contributed by atoms with Crippen molar-refractivity contribution in [3.8, 4) is 0 Å². The Hall–Kier alpha value is -1.26. The molecule has 5 heteroatoms. The minimum atomic E-state index is -1.19. The van der Waals surface area contributed by atoms with E-state index in [-0.39, 0.29) is 11.4 Å². The van der Waals surface area contributed by atoms with Gasteiger partial charge in [-0.05, 0) is 38.0 Å². The predicted molar refractivity (Wildman–Crippen MR) is 69.4 cm³/mol. The number of urea groups is 1. The van der Waals surface area contributed by atoms with E-state index < -0.39 is 11.5 Å². The third-order valence-electron chi connectivity index (χ3n) is 3.93. The average molecular weight is 256 g/mol. The standard InChI is InChI=1S/C13H24N2O3/c1-4-6-13(7-8-13)9-14-11(18)15-12(3,5-2)10(16)17/h4-9H2,1-3H3,(H,16,17)(H2,14,15,18). The molecule has 0 radical (unpaired) electrons. The average Bonchev–Trinajstić information content (AvgIpc) is 3.07. The van der Waals surface area contributed by atoms with Crippen LogP contribution in [0.2, 0.25) is 0 Å². The van der Waals surface area contributed by atoms with E-state index in [0.29, 0.717) is 13.0 Å². The first-order chi connectivity index (χ1) is 8.37. The Balaban J connectivity index is 2.40. The van der Waals surface area contributed by atoms with Crippen LogP contribution in [-0.2, 0) is 4.79 Å². The Morgan fingerprint density at radius 3 is 2.33 bits per heavy atom. The molecule has 0 heterocycles. The van der Waals surface area contributed by atoms with Gasteiger partial charge in [0.1, 0.15) is 5.54 Å². The van der Waals surface area contributed by atoms with Gasteiger partial charge in [0.05, 0.1) is 0 Å². The van der Waals surface area contributed by atoms with Crippen LogP contribution in [0.4, 0.5) is 4.79 Å². The molecule has 1 aliphatic carbocycles. The van der Waals surface area contributed by atoms with Crippen molar-refractivity contribution in [3.63, 3.8) is 0 Å². The molecule has 0 aromatic rings. The zero-order valence-electron chi connectivity index (χ0n) is 11.5. The maximum atomic E-state index is 11.7. The maximum absolute atomic E-state index is 11.7. The highest BCUT2D eigenvalue weighted by atomic mass is 16.4. The molecule has 1 unspecified atom stereocenters. The fourth-order valence-corrected chi connectivity index (χ4v) is 2.08. The summed E-state index contributed by atoms with van der Waals surface area (Å²) in [6.45, 7) is 6.05. The van der Waals surface area contributed by atoms with E-state index in [1.165, 1.54) is 6.92 Å². The fourth-order valence-electron chi connectivity index (χ4n) is 2.08. The summed E-state index contributed by atoms with van der Waals surface area (Å²) in [6.07, 6.45) is 4.91. The van der Waals surface area contributed by atoms with Crippen LogP contribution in [0.25, 0.3) is 0 Å². The van der Waals surface area contributed by atoms with Crippen LogP contribution in [0.1, 0.15) is 52.9 Å². The molecule has 1 fully saturated rings. The number of hydrogen-bond acceptors (Lipinski definition) is 2. The van der Waals surface area contributed by atoms with Crippen molar-refractivity contribution in [3.05, 3.63) is 0 Å². The molecule has 0 aromatic carbocycles. The summed E-state index contributed by atoms with van der Waals surface area (Å²) < 4.78 is 0. The highest BCUT2D eigenvalue weighted by Gasteiger charge is 2.42. The first-order valence-electron chi connectivity index (χ1n) is 6.67. The van der Waals surface area contributed by atoms with Crippen LogP contribution in [0, 0.1) is 5.41 Å². The zero-order chi connectivity index (χ0) is 13.8. The van der Waals surface area contributed by atoms with E-state index in [0.717, 1.165) is 25.7 Å². The summed E-state index contributed by atoms with van der Waals surface area (Å²) >= 11 is 0. The first kappa shape index (κ1) is 14.8. The number of carbonyl (C=O) groups excluding carboxylic acids is 1. The van der Waals surface area contributed by atoms with E-state index in [1.54, 1.807) is 6.92 Å². The Labute approximate surface area is 108 Å². The van der Waals surface area contributed by atoms with Gasteiger partial charge < -0.3 is 15.7 Å². The van der Waals surface area contributed by atoms with Crippen molar-refractivity contribution in [2.75, 3.05) is 6.54 Å². The van der Waals surface area contributed by atoms with Gasteiger partial charge in [0.15, 0.2) is 0 Å². The number of carboxylic acids is 1. The number of aliphatic carboxylic acids is 1. The largest absolute Gasteiger partial charge is 0.480 e. The minimum Gasteiger partial charge on any atom is -0.480 e. The Morgan fingerprint density at radius 1 is 1.33 bits per heavy atom. The summed E-state index contributed by atoms with van der Waals surface area (Å²) in [7, 11) is 0. The molecule has 1 atom stereocenters. The Kier molecular flexibility index (Phi) is 4.59. The van der Waals surface area contributed by atoms with Crippen LogP contribution >= 0.6 is 0 Å². The number of hydrogen-bond donors (Lipinski definition) is 3. The molecule has 2 amide bonds. The third-order valence-corrected chi connectivity index (χ3v) is 3.93. The van der Waals surface area contributed by atoms with Crippen LogP contribution in [0.15, 0.2) is 0 Å². The second kappa shape index (κ2) is 5.59. The monoisotopic (exact) mass is 256 g/mol. The lowest BCUT2D eigenvalue weighted by Gasteiger charge is -2.25. The lowest BCUT2D eigenvalue weighted by molar-refractivity contribution is -0.143. The summed E-state index contributed by atoms with van der Waals surface area (Å²) in [4.78, 5) is 22.8. The lowest BCUT2D eigenvalue weighted by Crippen LogP contribution is -2.55. The van der Waals surface area contributed by atoms with Crippen molar-refractivity contribution >= 4 is 12.0 Å². The van der Waals surface area contributed by atoms with Gasteiger partial charge >= 0.3 is 12.0 Å². The molecule has 0 aliphatic heterocycles. The zero-order valence-corrected chi connectivity index (χ0v) is 11.5. The SMILES string of the molecule is CCCC1(CNC(=O)NC(C)(CC)C(=O)O)CC1. The van der Waals surface area contributed by atoms with Gasteiger partial charge in [-0.15, -0.1) is 0 Å². The van der Waals surface area contributed by atoms with E-state index in [4.69, 9.17) is 5.11 Å². The van der Waals surface area contributed by atoms with Crippen molar-refractivity contribution < 1.29 is 14.7 Å². The summed E-state index contributed by atoms with van der Waals surface area (Å²) in [5.74, 6) is -1.00. The highest BCUT2D eigenvalue weighted by molar-refractivity contribution is 5.85. The first-order valence-corrected chi connectivity index (χ1v) is 6.67. The molecule has 1 saturated carbocycles. The number of carboxylic acid groups (broad SMARTS) is 1. The summed E-state index contributed by atoms with van der Waals surface area (Å²) in [6, 6.07) is -0.385. The van der Waals surface area contributed by atoms with Gasteiger partial charge in [0.25, 0.3) is 0 Å². The van der Waals surface area contributed by atoms with Gasteiger partial charge in [-0.25, -0.2) is 9.59 Å². The van der Waals surface area contributed by atoms with Crippen LogP contribution in [0.5, 0.6) is 0 Å². The van der Waals surface area contributed by atoms with E-state index in [1.807, 2.05) is 0 Å². The molecule has 1 rings (SSSR count). The third kappa shape index (κ3) is 3.62.